The highest BCUT2D eigenvalue weighted by atomic mass is 32.2. The SMILES string of the molecule is CC(CN1C(=O)C=CC1=O)CC(C)(C)C(=O)NCCSCCCOC(=O)C(C)C. The van der Waals surface area contributed by atoms with Gasteiger partial charge in [-0.1, -0.05) is 34.6 Å². The lowest BCUT2D eigenvalue weighted by Gasteiger charge is -2.28. The smallest absolute Gasteiger partial charge is 0.308 e. The highest BCUT2D eigenvalue weighted by molar-refractivity contribution is 7.99. The van der Waals surface area contributed by atoms with Crippen LogP contribution in [-0.4, -0.2) is 59.8 Å². The lowest BCUT2D eigenvalue weighted by Crippen LogP contribution is -2.41. The van der Waals surface area contributed by atoms with Crippen LogP contribution in [0.15, 0.2) is 12.2 Å². The minimum atomic E-state index is -0.589. The third kappa shape index (κ3) is 9.02. The predicted octanol–water partition coefficient (Wildman–Crippen LogP) is 2.40. The van der Waals surface area contributed by atoms with Crippen LogP contribution in [0.3, 0.4) is 0 Å². The summed E-state index contributed by atoms with van der Waals surface area (Å²) in [7, 11) is 0. The Kier molecular flexibility index (Phi) is 10.4. The molecule has 0 fully saturated rings. The van der Waals surface area contributed by atoms with Crippen LogP contribution in [0, 0.1) is 17.3 Å². The lowest BCUT2D eigenvalue weighted by molar-refractivity contribution is -0.147. The molecule has 164 valence electrons. The molecule has 0 aromatic rings. The monoisotopic (exact) mass is 426 g/mol. The van der Waals surface area contributed by atoms with Gasteiger partial charge in [0.1, 0.15) is 0 Å². The first-order valence-corrected chi connectivity index (χ1v) is 11.3. The Bertz CT molecular complexity index is 613. The molecule has 0 aromatic heterocycles. The molecule has 0 bridgehead atoms. The summed E-state index contributed by atoms with van der Waals surface area (Å²) < 4.78 is 5.12. The number of carbonyl (C=O) groups is 4. The Morgan fingerprint density at radius 1 is 1.14 bits per heavy atom. The van der Waals surface area contributed by atoms with Crippen molar-refractivity contribution in [2.75, 3.05) is 31.2 Å². The molecule has 1 N–H and O–H groups in total. The van der Waals surface area contributed by atoms with Crippen LogP contribution in [0.25, 0.3) is 0 Å². The number of amides is 3. The Hall–Kier alpha value is -1.83. The summed E-state index contributed by atoms with van der Waals surface area (Å²) in [5.41, 5.74) is -0.589. The molecule has 1 aliphatic heterocycles. The molecular weight excluding hydrogens is 392 g/mol. The maximum atomic E-state index is 12.5. The molecule has 0 aromatic carbocycles. The van der Waals surface area contributed by atoms with Gasteiger partial charge in [-0.2, -0.15) is 11.8 Å². The van der Waals surface area contributed by atoms with E-state index in [0.717, 1.165) is 17.9 Å². The molecule has 1 atom stereocenters. The van der Waals surface area contributed by atoms with Crippen LogP contribution < -0.4 is 5.32 Å². The fraction of sp³-hybridized carbons (Fsp3) is 0.714. The van der Waals surface area contributed by atoms with Crippen molar-refractivity contribution in [1.29, 1.82) is 0 Å². The molecule has 0 spiro atoms. The van der Waals surface area contributed by atoms with Crippen molar-refractivity contribution in [3.63, 3.8) is 0 Å². The third-order valence-corrected chi connectivity index (χ3v) is 5.62. The van der Waals surface area contributed by atoms with Gasteiger partial charge >= 0.3 is 5.97 Å². The molecule has 0 saturated heterocycles. The van der Waals surface area contributed by atoms with E-state index >= 15 is 0 Å². The maximum absolute atomic E-state index is 12.5. The first-order valence-electron chi connectivity index (χ1n) is 10.1. The minimum Gasteiger partial charge on any atom is -0.465 e. The van der Waals surface area contributed by atoms with Crippen molar-refractivity contribution >= 4 is 35.5 Å². The summed E-state index contributed by atoms with van der Waals surface area (Å²) in [6, 6.07) is 0. The van der Waals surface area contributed by atoms with Gasteiger partial charge in [-0.15, -0.1) is 0 Å². The number of imide groups is 1. The standard InChI is InChI=1S/C21H34N2O5S/c1-15(2)19(26)28-10-6-11-29-12-9-22-20(27)21(4,5)13-16(3)14-23-17(24)7-8-18(23)25/h7-8,15-16H,6,9-14H2,1-5H3,(H,22,27). The van der Waals surface area contributed by atoms with Crippen molar-refractivity contribution in [2.24, 2.45) is 17.3 Å². The molecule has 1 unspecified atom stereocenters. The van der Waals surface area contributed by atoms with Crippen molar-refractivity contribution < 1.29 is 23.9 Å². The normalized spacial score (nSPS) is 15.2. The fourth-order valence-corrected chi connectivity index (χ4v) is 3.80. The van der Waals surface area contributed by atoms with Gasteiger partial charge in [0.15, 0.2) is 0 Å². The number of nitrogens with zero attached hydrogens (tertiary/aromatic N) is 1. The summed E-state index contributed by atoms with van der Waals surface area (Å²) in [6.07, 6.45) is 3.92. The van der Waals surface area contributed by atoms with E-state index in [4.69, 9.17) is 4.74 Å². The van der Waals surface area contributed by atoms with Crippen molar-refractivity contribution in [3.05, 3.63) is 12.2 Å². The third-order valence-electron chi connectivity index (χ3n) is 4.55. The molecule has 8 heteroatoms. The van der Waals surface area contributed by atoms with Gasteiger partial charge in [0.05, 0.1) is 12.5 Å². The van der Waals surface area contributed by atoms with Gasteiger partial charge in [0.25, 0.3) is 11.8 Å². The van der Waals surface area contributed by atoms with Crippen LogP contribution in [-0.2, 0) is 23.9 Å². The minimum absolute atomic E-state index is 0.0199. The van der Waals surface area contributed by atoms with Crippen molar-refractivity contribution in [1.82, 2.24) is 10.2 Å². The Morgan fingerprint density at radius 2 is 1.76 bits per heavy atom. The van der Waals surface area contributed by atoms with Crippen LogP contribution in [0.5, 0.6) is 0 Å². The molecule has 0 saturated carbocycles. The van der Waals surface area contributed by atoms with Gasteiger partial charge in [0.2, 0.25) is 5.91 Å². The van der Waals surface area contributed by atoms with E-state index in [1.54, 1.807) is 11.8 Å². The number of hydrogen-bond donors (Lipinski definition) is 1. The summed E-state index contributed by atoms with van der Waals surface area (Å²) >= 11 is 1.71. The van der Waals surface area contributed by atoms with Gasteiger partial charge in [-0.3, -0.25) is 24.1 Å². The molecule has 1 aliphatic rings. The molecule has 3 amide bonds. The average molecular weight is 427 g/mol. The Labute approximate surface area is 178 Å². The number of thioether (sulfide) groups is 1. The van der Waals surface area contributed by atoms with Crippen LogP contribution in [0.2, 0.25) is 0 Å². The zero-order chi connectivity index (χ0) is 22.0. The van der Waals surface area contributed by atoms with Crippen LogP contribution in [0.4, 0.5) is 0 Å². The quantitative estimate of drug-likeness (QED) is 0.276. The zero-order valence-corrected chi connectivity index (χ0v) is 19.0. The fourth-order valence-electron chi connectivity index (χ4n) is 3.03. The summed E-state index contributed by atoms with van der Waals surface area (Å²) in [5, 5.41) is 2.96. The Morgan fingerprint density at radius 3 is 2.34 bits per heavy atom. The second-order valence-electron chi connectivity index (χ2n) is 8.36. The highest BCUT2D eigenvalue weighted by Gasteiger charge is 2.32. The van der Waals surface area contributed by atoms with Gasteiger partial charge in [-0.25, -0.2) is 0 Å². The van der Waals surface area contributed by atoms with Crippen LogP contribution >= 0.6 is 11.8 Å². The van der Waals surface area contributed by atoms with E-state index in [2.05, 4.69) is 5.32 Å². The van der Waals surface area contributed by atoms with E-state index < -0.39 is 5.41 Å². The largest absolute Gasteiger partial charge is 0.465 e. The van der Waals surface area contributed by atoms with Gasteiger partial charge in [-0.05, 0) is 24.5 Å². The maximum Gasteiger partial charge on any atom is 0.308 e. The molecule has 0 radical (unpaired) electrons. The molecule has 1 heterocycles. The van der Waals surface area contributed by atoms with Crippen LogP contribution in [0.1, 0.15) is 47.5 Å². The molecule has 0 aliphatic carbocycles. The first-order chi connectivity index (χ1) is 13.5. The van der Waals surface area contributed by atoms with Gasteiger partial charge < -0.3 is 10.1 Å². The van der Waals surface area contributed by atoms with E-state index in [0.29, 0.717) is 26.1 Å². The summed E-state index contributed by atoms with van der Waals surface area (Å²) in [6.45, 7) is 10.6. The lowest BCUT2D eigenvalue weighted by atomic mass is 9.82. The van der Waals surface area contributed by atoms with E-state index in [1.165, 1.54) is 17.1 Å². The van der Waals surface area contributed by atoms with E-state index in [9.17, 15) is 19.2 Å². The second kappa shape index (κ2) is 12.0. The van der Waals surface area contributed by atoms with E-state index in [-0.39, 0.29) is 35.5 Å². The van der Waals surface area contributed by atoms with Crippen molar-refractivity contribution in [2.45, 2.75) is 47.5 Å². The number of esters is 1. The molecule has 1 rings (SSSR count). The molecular formula is C21H34N2O5S. The Balaban J connectivity index is 2.19. The topological polar surface area (TPSA) is 92.8 Å². The van der Waals surface area contributed by atoms with Crippen molar-refractivity contribution in [3.8, 4) is 0 Å². The summed E-state index contributed by atoms with van der Waals surface area (Å²) in [5.74, 6) is 0.788. The predicted molar refractivity (Wildman–Crippen MR) is 114 cm³/mol. The van der Waals surface area contributed by atoms with E-state index in [1.807, 2.05) is 34.6 Å². The first kappa shape index (κ1) is 25.2. The summed E-state index contributed by atoms with van der Waals surface area (Å²) in [4.78, 5) is 48.4. The number of hydrogen-bond acceptors (Lipinski definition) is 6. The van der Waals surface area contributed by atoms with Gasteiger partial charge in [0, 0.05) is 36.4 Å². The molecule has 7 nitrogen and oxygen atoms in total. The zero-order valence-electron chi connectivity index (χ0n) is 18.2. The number of rotatable bonds is 13. The highest BCUT2D eigenvalue weighted by Crippen LogP contribution is 2.26. The second-order valence-corrected chi connectivity index (χ2v) is 9.58. The number of ether oxygens (including phenoxy) is 1. The molecule has 29 heavy (non-hydrogen) atoms. The average Bonchev–Trinajstić information content (AvgIpc) is 2.94. The number of nitrogens with one attached hydrogen (secondary N) is 1. The number of carbonyl (C=O) groups excluding carboxylic acids is 4.